The molecule has 1 N–H and O–H groups in total. The van der Waals surface area contributed by atoms with Crippen molar-refractivity contribution in [1.82, 2.24) is 15.2 Å². The third-order valence-electron chi connectivity index (χ3n) is 4.62. The number of ether oxygens (including phenoxy) is 1. The third-order valence-corrected chi connectivity index (χ3v) is 4.89. The zero-order chi connectivity index (χ0) is 23.5. The lowest BCUT2D eigenvalue weighted by Gasteiger charge is -2.35. The van der Waals surface area contributed by atoms with Gasteiger partial charge >= 0.3 is 18.6 Å². The molecule has 0 atom stereocenters. The fourth-order valence-corrected chi connectivity index (χ4v) is 3.32. The quantitative estimate of drug-likeness (QED) is 0.643. The number of benzene rings is 1. The van der Waals surface area contributed by atoms with Gasteiger partial charge in [-0.1, -0.05) is 23.7 Å². The highest BCUT2D eigenvalue weighted by molar-refractivity contribution is 6.33. The predicted octanol–water partition coefficient (Wildman–Crippen LogP) is 4.68. The standard InChI is InChI=1S/C19H17ClF6N4O2/c20-15-9-13(18(21,22)23)11-27-16(15)29-5-7-30(8-6-29)17(31)28-10-12-1-3-14(4-2-12)32-19(24,25)26/h1-4,9,11H,5-8,10H2,(H,28,31). The first-order valence-electron chi connectivity index (χ1n) is 9.27. The Kier molecular flexibility index (Phi) is 6.91. The van der Waals surface area contributed by atoms with E-state index in [0.717, 1.165) is 18.2 Å². The third kappa shape index (κ3) is 6.31. The van der Waals surface area contributed by atoms with Gasteiger partial charge in [0, 0.05) is 38.9 Å². The highest BCUT2D eigenvalue weighted by atomic mass is 35.5. The van der Waals surface area contributed by atoms with Gasteiger partial charge in [-0.05, 0) is 23.8 Å². The fraction of sp³-hybridized carbons (Fsp3) is 0.368. The van der Waals surface area contributed by atoms with Crippen molar-refractivity contribution < 1.29 is 35.9 Å². The molecule has 1 aliphatic heterocycles. The summed E-state index contributed by atoms with van der Waals surface area (Å²) in [4.78, 5) is 19.4. The monoisotopic (exact) mass is 482 g/mol. The first-order valence-corrected chi connectivity index (χ1v) is 9.65. The number of pyridine rings is 1. The number of aromatic nitrogens is 1. The van der Waals surface area contributed by atoms with Crippen molar-refractivity contribution >= 4 is 23.4 Å². The molecular formula is C19H17ClF6N4O2. The van der Waals surface area contributed by atoms with Gasteiger partial charge in [0.2, 0.25) is 0 Å². The van der Waals surface area contributed by atoms with E-state index in [9.17, 15) is 31.1 Å². The Balaban J connectivity index is 1.49. The summed E-state index contributed by atoms with van der Waals surface area (Å²) in [7, 11) is 0. The molecule has 2 aromatic rings. The van der Waals surface area contributed by atoms with Gasteiger partial charge < -0.3 is 19.9 Å². The topological polar surface area (TPSA) is 57.7 Å². The van der Waals surface area contributed by atoms with Crippen LogP contribution in [0.3, 0.4) is 0 Å². The number of rotatable bonds is 4. The van der Waals surface area contributed by atoms with Crippen LogP contribution in [-0.2, 0) is 12.7 Å². The van der Waals surface area contributed by atoms with Crippen LogP contribution < -0.4 is 15.0 Å². The second kappa shape index (κ2) is 9.31. The van der Waals surface area contributed by atoms with Crippen LogP contribution in [0.15, 0.2) is 36.5 Å². The number of nitrogens with one attached hydrogen (secondary N) is 1. The van der Waals surface area contributed by atoms with E-state index < -0.39 is 18.1 Å². The molecule has 0 aliphatic carbocycles. The lowest BCUT2D eigenvalue weighted by Crippen LogP contribution is -2.52. The van der Waals surface area contributed by atoms with E-state index in [1.807, 2.05) is 0 Å². The molecule has 1 aromatic heterocycles. The number of hydrogen-bond donors (Lipinski definition) is 1. The van der Waals surface area contributed by atoms with E-state index in [4.69, 9.17) is 11.6 Å². The molecule has 2 heterocycles. The van der Waals surface area contributed by atoms with Crippen LogP contribution in [0.2, 0.25) is 5.02 Å². The minimum atomic E-state index is -4.78. The summed E-state index contributed by atoms with van der Waals surface area (Å²) in [5.74, 6) is -0.153. The van der Waals surface area contributed by atoms with Crippen molar-refractivity contribution in [2.45, 2.75) is 19.1 Å². The summed E-state index contributed by atoms with van der Waals surface area (Å²) >= 11 is 5.96. The summed E-state index contributed by atoms with van der Waals surface area (Å²) < 4.78 is 78.6. The Hall–Kier alpha value is -2.89. The molecule has 3 rings (SSSR count). The summed E-state index contributed by atoms with van der Waals surface area (Å²) in [5.41, 5.74) is -0.366. The minimum Gasteiger partial charge on any atom is -0.406 e. The van der Waals surface area contributed by atoms with E-state index in [-0.39, 0.29) is 42.3 Å². The normalized spacial score (nSPS) is 15.0. The molecule has 1 saturated heterocycles. The van der Waals surface area contributed by atoms with Gasteiger partial charge in [0.15, 0.2) is 0 Å². The Labute approximate surface area is 183 Å². The first kappa shape index (κ1) is 23.8. The number of carbonyl (C=O) groups is 1. The maximum Gasteiger partial charge on any atom is 0.573 e. The molecule has 2 amide bonds. The number of halogens is 7. The highest BCUT2D eigenvalue weighted by Gasteiger charge is 2.33. The highest BCUT2D eigenvalue weighted by Crippen LogP contribution is 2.33. The first-order chi connectivity index (χ1) is 14.9. The van der Waals surface area contributed by atoms with Crippen molar-refractivity contribution in [1.29, 1.82) is 0 Å². The summed E-state index contributed by atoms with van der Waals surface area (Å²) in [6.45, 7) is 1.29. The Morgan fingerprint density at radius 1 is 1.06 bits per heavy atom. The van der Waals surface area contributed by atoms with Crippen LogP contribution in [0, 0.1) is 0 Å². The molecule has 32 heavy (non-hydrogen) atoms. The average molecular weight is 483 g/mol. The van der Waals surface area contributed by atoms with Crippen molar-refractivity contribution in [3.05, 3.63) is 52.7 Å². The number of nitrogens with zero attached hydrogens (tertiary/aromatic N) is 3. The van der Waals surface area contributed by atoms with E-state index in [1.165, 1.54) is 17.0 Å². The SMILES string of the molecule is O=C(NCc1ccc(OC(F)(F)F)cc1)N1CCN(c2ncc(C(F)(F)F)cc2Cl)CC1. The van der Waals surface area contributed by atoms with Crippen molar-refractivity contribution in [3.8, 4) is 5.75 Å². The second-order valence-corrected chi connectivity index (χ2v) is 7.26. The lowest BCUT2D eigenvalue weighted by atomic mass is 10.2. The number of amides is 2. The zero-order valence-electron chi connectivity index (χ0n) is 16.3. The van der Waals surface area contributed by atoms with Crippen LogP contribution in [0.25, 0.3) is 0 Å². The number of piperazine rings is 1. The summed E-state index contributed by atoms with van der Waals surface area (Å²) in [6, 6.07) is 5.53. The van der Waals surface area contributed by atoms with Gasteiger partial charge in [0.25, 0.3) is 0 Å². The fourth-order valence-electron chi connectivity index (χ4n) is 3.04. The van der Waals surface area contributed by atoms with Crippen LogP contribution in [0.4, 0.5) is 37.0 Å². The van der Waals surface area contributed by atoms with E-state index in [2.05, 4.69) is 15.0 Å². The smallest absolute Gasteiger partial charge is 0.406 e. The van der Waals surface area contributed by atoms with Gasteiger partial charge in [0.05, 0.1) is 10.6 Å². The molecule has 0 spiro atoms. The minimum absolute atomic E-state index is 0.0949. The largest absolute Gasteiger partial charge is 0.573 e. The van der Waals surface area contributed by atoms with Crippen LogP contribution >= 0.6 is 11.6 Å². The van der Waals surface area contributed by atoms with Crippen LogP contribution in [0.1, 0.15) is 11.1 Å². The molecule has 0 radical (unpaired) electrons. The van der Waals surface area contributed by atoms with Gasteiger partial charge in [-0.25, -0.2) is 9.78 Å². The Morgan fingerprint density at radius 2 is 1.69 bits per heavy atom. The molecule has 1 aliphatic rings. The molecule has 0 saturated carbocycles. The summed E-state index contributed by atoms with van der Waals surface area (Å²) in [6.07, 6.45) is -8.61. The molecule has 6 nitrogen and oxygen atoms in total. The molecule has 0 unspecified atom stereocenters. The van der Waals surface area contributed by atoms with Crippen LogP contribution in [0.5, 0.6) is 5.75 Å². The molecule has 174 valence electrons. The lowest BCUT2D eigenvalue weighted by molar-refractivity contribution is -0.274. The second-order valence-electron chi connectivity index (χ2n) is 6.85. The molecular weight excluding hydrogens is 466 g/mol. The Bertz CT molecular complexity index is 944. The number of carbonyl (C=O) groups excluding carboxylic acids is 1. The number of urea groups is 1. The van der Waals surface area contributed by atoms with Crippen molar-refractivity contribution in [2.75, 3.05) is 31.1 Å². The maximum absolute atomic E-state index is 12.7. The Morgan fingerprint density at radius 3 is 2.22 bits per heavy atom. The van der Waals surface area contributed by atoms with Gasteiger partial charge in [-0.3, -0.25) is 0 Å². The van der Waals surface area contributed by atoms with Crippen molar-refractivity contribution in [2.24, 2.45) is 0 Å². The molecule has 0 bridgehead atoms. The zero-order valence-corrected chi connectivity index (χ0v) is 17.1. The van der Waals surface area contributed by atoms with Gasteiger partial charge in [0.1, 0.15) is 11.6 Å². The number of hydrogen-bond acceptors (Lipinski definition) is 4. The van der Waals surface area contributed by atoms with Crippen LogP contribution in [-0.4, -0.2) is 48.5 Å². The summed E-state index contributed by atoms with van der Waals surface area (Å²) in [5, 5.41) is 2.54. The predicted molar refractivity (Wildman–Crippen MR) is 103 cm³/mol. The molecule has 13 heteroatoms. The number of alkyl halides is 6. The van der Waals surface area contributed by atoms with E-state index >= 15 is 0 Å². The maximum atomic E-state index is 12.7. The molecule has 1 aromatic carbocycles. The molecule has 1 fully saturated rings. The number of anilines is 1. The van der Waals surface area contributed by atoms with Crippen molar-refractivity contribution in [3.63, 3.8) is 0 Å². The van der Waals surface area contributed by atoms with E-state index in [0.29, 0.717) is 24.8 Å². The van der Waals surface area contributed by atoms with E-state index in [1.54, 1.807) is 4.90 Å². The average Bonchev–Trinajstić information content (AvgIpc) is 2.71. The van der Waals surface area contributed by atoms with Gasteiger partial charge in [-0.2, -0.15) is 13.2 Å². The van der Waals surface area contributed by atoms with Gasteiger partial charge in [-0.15, -0.1) is 13.2 Å².